The van der Waals surface area contributed by atoms with Gasteiger partial charge in [0.25, 0.3) is 5.56 Å². The first kappa shape index (κ1) is 15.5. The maximum atomic E-state index is 12.0. The molecule has 0 bridgehead atoms. The highest BCUT2D eigenvalue weighted by molar-refractivity contribution is 5.85. The molecule has 120 valence electrons. The van der Waals surface area contributed by atoms with E-state index in [4.69, 9.17) is 5.73 Å². The second kappa shape index (κ2) is 6.36. The van der Waals surface area contributed by atoms with Crippen molar-refractivity contribution in [2.75, 3.05) is 13.6 Å². The molecule has 1 aromatic carbocycles. The monoisotopic (exact) mass is 312 g/mol. The molecule has 1 aliphatic rings. The van der Waals surface area contributed by atoms with Crippen molar-refractivity contribution in [3.05, 3.63) is 64.6 Å². The predicted octanol–water partition coefficient (Wildman–Crippen LogP) is 0.0950. The van der Waals surface area contributed by atoms with Gasteiger partial charge in [0, 0.05) is 44.1 Å². The van der Waals surface area contributed by atoms with Crippen LogP contribution in [0.25, 0.3) is 5.69 Å². The highest BCUT2D eigenvalue weighted by Gasteiger charge is 2.35. The van der Waals surface area contributed by atoms with Crippen LogP contribution in [0.15, 0.2) is 53.5 Å². The molecule has 3 rings (SSSR count). The molecule has 1 aliphatic heterocycles. The van der Waals surface area contributed by atoms with Crippen LogP contribution in [0.3, 0.4) is 0 Å². The Morgan fingerprint density at radius 1 is 1.17 bits per heavy atom. The molecule has 6 nitrogen and oxygen atoms in total. The van der Waals surface area contributed by atoms with Crippen molar-refractivity contribution in [1.82, 2.24) is 14.8 Å². The van der Waals surface area contributed by atoms with E-state index in [1.807, 2.05) is 30.3 Å². The Morgan fingerprint density at radius 2 is 1.91 bits per heavy atom. The number of nitrogens with zero attached hydrogens (tertiary/aromatic N) is 2. The third kappa shape index (κ3) is 3.18. The summed E-state index contributed by atoms with van der Waals surface area (Å²) in [5.74, 6) is 0.0324. The fourth-order valence-electron chi connectivity index (χ4n) is 2.81. The fourth-order valence-corrected chi connectivity index (χ4v) is 2.81. The summed E-state index contributed by atoms with van der Waals surface area (Å²) in [6, 6.07) is 12.2. The SMILES string of the molecule is CN1CC(N)C(NCc2ccc(-n3ccccc3=O)cc2)C1=O. The first-order valence-corrected chi connectivity index (χ1v) is 7.57. The Morgan fingerprint density at radius 3 is 2.52 bits per heavy atom. The van der Waals surface area contributed by atoms with Crippen LogP contribution in [0.4, 0.5) is 0 Å². The zero-order valence-electron chi connectivity index (χ0n) is 13.0. The smallest absolute Gasteiger partial charge is 0.255 e. The minimum Gasteiger partial charge on any atom is -0.343 e. The van der Waals surface area contributed by atoms with Crippen LogP contribution in [0.5, 0.6) is 0 Å². The van der Waals surface area contributed by atoms with E-state index < -0.39 is 0 Å². The van der Waals surface area contributed by atoms with Gasteiger partial charge in [0.1, 0.15) is 6.04 Å². The average molecular weight is 312 g/mol. The lowest BCUT2D eigenvalue weighted by atomic mass is 10.1. The number of nitrogens with two attached hydrogens (primary N) is 1. The van der Waals surface area contributed by atoms with Gasteiger partial charge in [0.2, 0.25) is 5.91 Å². The Bertz CT molecular complexity index is 754. The maximum absolute atomic E-state index is 12.0. The molecule has 0 saturated carbocycles. The van der Waals surface area contributed by atoms with Gasteiger partial charge in [-0.05, 0) is 23.8 Å². The molecular formula is C17H20N4O2. The van der Waals surface area contributed by atoms with Crippen LogP contribution in [0.1, 0.15) is 5.56 Å². The Hall–Kier alpha value is -2.44. The van der Waals surface area contributed by atoms with E-state index in [1.165, 1.54) is 6.07 Å². The third-order valence-corrected chi connectivity index (χ3v) is 4.12. The van der Waals surface area contributed by atoms with Crippen molar-refractivity contribution < 1.29 is 4.79 Å². The topological polar surface area (TPSA) is 80.4 Å². The molecule has 2 atom stereocenters. The van der Waals surface area contributed by atoms with Crippen LogP contribution in [0, 0.1) is 0 Å². The number of rotatable bonds is 4. The van der Waals surface area contributed by atoms with E-state index in [0.717, 1.165) is 11.3 Å². The quantitative estimate of drug-likeness (QED) is 0.839. The Kier molecular flexibility index (Phi) is 4.27. The molecule has 2 unspecified atom stereocenters. The molecule has 6 heteroatoms. The highest BCUT2D eigenvalue weighted by atomic mass is 16.2. The second-order valence-corrected chi connectivity index (χ2v) is 5.82. The largest absolute Gasteiger partial charge is 0.343 e. The first-order valence-electron chi connectivity index (χ1n) is 7.57. The van der Waals surface area contributed by atoms with Crippen LogP contribution in [-0.4, -0.2) is 41.1 Å². The van der Waals surface area contributed by atoms with E-state index in [2.05, 4.69) is 5.32 Å². The molecule has 2 heterocycles. The van der Waals surface area contributed by atoms with Crippen molar-refractivity contribution in [3.8, 4) is 5.69 Å². The van der Waals surface area contributed by atoms with Gasteiger partial charge in [-0.15, -0.1) is 0 Å². The van der Waals surface area contributed by atoms with Gasteiger partial charge in [-0.2, -0.15) is 0 Å². The number of likely N-dealkylation sites (N-methyl/N-ethyl adjacent to an activating group) is 1. The number of hydrogen-bond acceptors (Lipinski definition) is 4. The highest BCUT2D eigenvalue weighted by Crippen LogP contribution is 2.11. The van der Waals surface area contributed by atoms with Gasteiger partial charge in [-0.1, -0.05) is 18.2 Å². The number of likely N-dealkylation sites (tertiary alicyclic amines) is 1. The van der Waals surface area contributed by atoms with Crippen molar-refractivity contribution >= 4 is 5.91 Å². The molecule has 3 N–H and O–H groups in total. The number of hydrogen-bond donors (Lipinski definition) is 2. The zero-order chi connectivity index (χ0) is 16.4. The van der Waals surface area contributed by atoms with Gasteiger partial charge in [-0.25, -0.2) is 0 Å². The van der Waals surface area contributed by atoms with Gasteiger partial charge in [0.15, 0.2) is 0 Å². The summed E-state index contributed by atoms with van der Waals surface area (Å²) in [6.45, 7) is 1.13. The summed E-state index contributed by atoms with van der Waals surface area (Å²) < 4.78 is 1.59. The minimum atomic E-state index is -0.337. The predicted molar refractivity (Wildman–Crippen MR) is 88.3 cm³/mol. The number of nitrogens with one attached hydrogen (secondary N) is 1. The van der Waals surface area contributed by atoms with Gasteiger partial charge >= 0.3 is 0 Å². The normalized spacial score (nSPS) is 21.0. The number of amides is 1. The van der Waals surface area contributed by atoms with Gasteiger partial charge in [-0.3, -0.25) is 14.2 Å². The molecule has 0 aliphatic carbocycles. The summed E-state index contributed by atoms with van der Waals surface area (Å²) in [5, 5.41) is 3.21. The average Bonchev–Trinajstić information content (AvgIpc) is 2.79. The number of carbonyl (C=O) groups is 1. The fraction of sp³-hybridized carbons (Fsp3) is 0.294. The van der Waals surface area contributed by atoms with E-state index in [0.29, 0.717) is 13.1 Å². The molecule has 1 saturated heterocycles. The number of pyridine rings is 1. The van der Waals surface area contributed by atoms with Crippen LogP contribution in [0.2, 0.25) is 0 Å². The Balaban J connectivity index is 1.68. The van der Waals surface area contributed by atoms with E-state index in [-0.39, 0.29) is 23.6 Å². The summed E-state index contributed by atoms with van der Waals surface area (Å²) in [6.07, 6.45) is 1.74. The molecule has 1 fully saturated rings. The van der Waals surface area contributed by atoms with Crippen LogP contribution >= 0.6 is 0 Å². The van der Waals surface area contributed by atoms with Crippen molar-refractivity contribution in [1.29, 1.82) is 0 Å². The number of benzene rings is 1. The molecule has 0 radical (unpaired) electrons. The van der Waals surface area contributed by atoms with Crippen LogP contribution < -0.4 is 16.6 Å². The summed E-state index contributed by atoms with van der Waals surface area (Å²) in [4.78, 5) is 25.4. The summed E-state index contributed by atoms with van der Waals surface area (Å²) in [7, 11) is 1.76. The Labute approximate surface area is 134 Å². The standard InChI is InChI=1S/C17H20N4O2/c1-20-11-14(18)16(17(20)23)19-10-12-5-7-13(8-6-12)21-9-3-2-4-15(21)22/h2-9,14,16,19H,10-11,18H2,1H3. The summed E-state index contributed by atoms with van der Waals surface area (Å²) >= 11 is 0. The minimum absolute atomic E-state index is 0.0324. The zero-order valence-corrected chi connectivity index (χ0v) is 13.0. The van der Waals surface area contributed by atoms with Crippen LogP contribution in [-0.2, 0) is 11.3 Å². The molecule has 2 aromatic rings. The number of aromatic nitrogens is 1. The van der Waals surface area contributed by atoms with E-state index in [1.54, 1.807) is 28.8 Å². The van der Waals surface area contributed by atoms with Crippen molar-refractivity contribution in [3.63, 3.8) is 0 Å². The lowest BCUT2D eigenvalue weighted by Gasteiger charge is -2.15. The molecular weight excluding hydrogens is 292 g/mol. The lowest BCUT2D eigenvalue weighted by molar-refractivity contribution is -0.128. The third-order valence-electron chi connectivity index (χ3n) is 4.12. The molecule has 23 heavy (non-hydrogen) atoms. The first-order chi connectivity index (χ1) is 11.1. The van der Waals surface area contributed by atoms with E-state index in [9.17, 15) is 9.59 Å². The van der Waals surface area contributed by atoms with Gasteiger partial charge in [0.05, 0.1) is 0 Å². The van der Waals surface area contributed by atoms with Crippen molar-refractivity contribution in [2.24, 2.45) is 5.73 Å². The molecule has 0 spiro atoms. The van der Waals surface area contributed by atoms with E-state index >= 15 is 0 Å². The summed E-state index contributed by atoms with van der Waals surface area (Å²) in [5.41, 5.74) is 7.76. The number of carbonyl (C=O) groups excluding carboxylic acids is 1. The second-order valence-electron chi connectivity index (χ2n) is 5.82. The molecule has 1 amide bonds. The maximum Gasteiger partial charge on any atom is 0.255 e. The van der Waals surface area contributed by atoms with Gasteiger partial charge < -0.3 is 16.0 Å². The lowest BCUT2D eigenvalue weighted by Crippen LogP contribution is -2.45. The molecule has 1 aromatic heterocycles. The van der Waals surface area contributed by atoms with Crippen molar-refractivity contribution in [2.45, 2.75) is 18.6 Å².